The molecule has 4 aliphatic rings. The smallest absolute Gasteiger partial charge is 0.410 e. The molecule has 13 nitrogen and oxygen atoms in total. The van der Waals surface area contributed by atoms with Crippen molar-refractivity contribution in [3.05, 3.63) is 90.0 Å². The summed E-state index contributed by atoms with van der Waals surface area (Å²) in [7, 11) is 1.77. The Bertz CT molecular complexity index is 2840. The van der Waals surface area contributed by atoms with E-state index in [9.17, 15) is 14.4 Å². The molecule has 0 aliphatic heterocycles. The Balaban J connectivity index is 0.997. The van der Waals surface area contributed by atoms with Crippen molar-refractivity contribution in [2.75, 3.05) is 25.5 Å². The molecule has 4 fully saturated rings. The first-order chi connectivity index (χ1) is 31.0. The zero-order valence-corrected chi connectivity index (χ0v) is 40.6. The van der Waals surface area contributed by atoms with Crippen LogP contribution >= 0.6 is 11.3 Å². The summed E-state index contributed by atoms with van der Waals surface area (Å²) < 4.78 is 21.6. The summed E-state index contributed by atoms with van der Waals surface area (Å²) >= 11 is 1.42. The SMILES string of the molecule is Cc1c(-c2ccc(-c3cnc4cccc(C(=O)Nc5nc6ccccc6s5)c4c3)nc2C(=O)OC(C)(C)C)cnn1CC12CC3(C)CC(C)(C1)CC(OCCN(C)C(=O)OC(C)(C)C)(C3)C2. The Labute approximate surface area is 390 Å². The first-order valence-corrected chi connectivity index (χ1v) is 23.7. The van der Waals surface area contributed by atoms with Gasteiger partial charge in [0.25, 0.3) is 5.91 Å². The van der Waals surface area contributed by atoms with Crippen LogP contribution in [0.1, 0.15) is 120 Å². The standard InChI is InChI=1S/C52H61N7O6S/c1-32-37(24-54-59(32)31-51-26-49(8)25-50(9,27-51)29-52(28-49,30-51)63-21-20-58(10)46(62)65-48(5,6)7)34-18-19-38(55-42(34)44(61)64-47(2,3)4)33-22-36-35(14-13-16-39(36)53-23-33)43(60)57-45-56-40-15-11-12-17-41(40)66-45/h11-19,22-24H,20-21,25-31H2,1-10H3,(H,56,57,60). The second-order valence-electron chi connectivity index (χ2n) is 22.0. The number of fused-ring (bicyclic) bond motifs is 2. The third-order valence-corrected chi connectivity index (χ3v) is 14.3. The van der Waals surface area contributed by atoms with Crippen molar-refractivity contribution < 1.29 is 28.6 Å². The minimum absolute atomic E-state index is 0.0489. The van der Waals surface area contributed by atoms with Crippen LogP contribution in [0.15, 0.2) is 73.1 Å². The summed E-state index contributed by atoms with van der Waals surface area (Å²) in [5, 5.41) is 9.15. The van der Waals surface area contributed by atoms with Crippen LogP contribution in [0.25, 0.3) is 43.5 Å². The summed E-state index contributed by atoms with van der Waals surface area (Å²) in [6.45, 7) is 19.7. The van der Waals surface area contributed by atoms with Crippen LogP contribution < -0.4 is 5.32 Å². The predicted molar refractivity (Wildman–Crippen MR) is 258 cm³/mol. The number of esters is 1. The monoisotopic (exact) mass is 911 g/mol. The summed E-state index contributed by atoms with van der Waals surface area (Å²) in [5.41, 5.74) is 4.16. The number of hydrogen-bond donors (Lipinski definition) is 1. The molecule has 66 heavy (non-hydrogen) atoms. The molecule has 2 atom stereocenters. The Morgan fingerprint density at radius 3 is 2.24 bits per heavy atom. The number of pyridine rings is 2. The average Bonchev–Trinajstić information content (AvgIpc) is 3.78. The first-order valence-electron chi connectivity index (χ1n) is 22.9. The molecule has 0 radical (unpaired) electrons. The Kier molecular flexibility index (Phi) is 11.2. The van der Waals surface area contributed by atoms with Crippen LogP contribution in [0.5, 0.6) is 0 Å². The minimum atomic E-state index is -0.769. The molecule has 14 heteroatoms. The lowest BCUT2D eigenvalue weighted by molar-refractivity contribution is -0.248. The van der Waals surface area contributed by atoms with E-state index in [1.54, 1.807) is 24.2 Å². The number of aromatic nitrogens is 5. The van der Waals surface area contributed by atoms with Gasteiger partial charge in [-0.05, 0) is 146 Å². The van der Waals surface area contributed by atoms with Crippen molar-refractivity contribution in [2.24, 2.45) is 16.2 Å². The van der Waals surface area contributed by atoms with Crippen molar-refractivity contribution in [1.29, 1.82) is 0 Å². The second kappa shape index (κ2) is 16.3. The van der Waals surface area contributed by atoms with Crippen LogP contribution in [0.3, 0.4) is 0 Å². The molecule has 10 rings (SSSR count). The number of thiazole rings is 1. The molecule has 0 saturated heterocycles. The van der Waals surface area contributed by atoms with E-state index in [4.69, 9.17) is 29.3 Å². The quantitative estimate of drug-likeness (QED) is 0.124. The number of carbonyl (C=O) groups excluding carboxylic acids is 3. The molecule has 2 amide bonds. The summed E-state index contributed by atoms with van der Waals surface area (Å²) in [6, 6.07) is 18.9. The molecule has 1 N–H and O–H groups in total. The zero-order valence-electron chi connectivity index (χ0n) is 39.8. The van der Waals surface area contributed by atoms with Crippen LogP contribution in [-0.2, 0) is 20.8 Å². The van der Waals surface area contributed by atoms with Gasteiger partial charge in [0.05, 0.1) is 39.8 Å². The van der Waals surface area contributed by atoms with Gasteiger partial charge in [-0.3, -0.25) is 19.8 Å². The summed E-state index contributed by atoms with van der Waals surface area (Å²) in [5.74, 6) is -0.846. The van der Waals surface area contributed by atoms with Crippen molar-refractivity contribution >= 4 is 55.6 Å². The van der Waals surface area contributed by atoms with Crippen LogP contribution in [-0.4, -0.2) is 84.6 Å². The Morgan fingerprint density at radius 1 is 0.818 bits per heavy atom. The number of hydrogen-bond acceptors (Lipinski definition) is 11. The lowest BCUT2D eigenvalue weighted by Crippen LogP contribution is -2.64. The fraction of sp³-hybridized carbons (Fsp3) is 0.481. The minimum Gasteiger partial charge on any atom is -0.455 e. The normalized spacial score (nSPS) is 23.6. The molecule has 4 aliphatic carbocycles. The molecule has 4 aromatic heterocycles. The fourth-order valence-electron chi connectivity index (χ4n) is 12.1. The molecule has 4 saturated carbocycles. The van der Waals surface area contributed by atoms with E-state index in [0.29, 0.717) is 51.6 Å². The van der Waals surface area contributed by atoms with Gasteiger partial charge in [0.15, 0.2) is 10.8 Å². The highest BCUT2D eigenvalue weighted by atomic mass is 32.1. The van der Waals surface area contributed by atoms with Gasteiger partial charge >= 0.3 is 12.1 Å². The van der Waals surface area contributed by atoms with E-state index >= 15 is 0 Å². The van der Waals surface area contributed by atoms with E-state index in [-0.39, 0.29) is 39.5 Å². The maximum Gasteiger partial charge on any atom is 0.410 e. The molecule has 346 valence electrons. The van der Waals surface area contributed by atoms with E-state index in [1.165, 1.54) is 11.3 Å². The number of anilines is 1. The van der Waals surface area contributed by atoms with Crippen molar-refractivity contribution in [3.63, 3.8) is 0 Å². The number of para-hydroxylation sites is 1. The molecular formula is C52H61N7O6S. The van der Waals surface area contributed by atoms with Gasteiger partial charge in [-0.2, -0.15) is 5.10 Å². The molecule has 2 unspecified atom stereocenters. The summed E-state index contributed by atoms with van der Waals surface area (Å²) in [4.78, 5) is 56.6. The number of amides is 2. The largest absolute Gasteiger partial charge is 0.455 e. The predicted octanol–water partition coefficient (Wildman–Crippen LogP) is 11.3. The first kappa shape index (κ1) is 45.4. The number of nitrogens with one attached hydrogen (secondary N) is 1. The Hall–Kier alpha value is -5.73. The van der Waals surface area contributed by atoms with Gasteiger partial charge < -0.3 is 19.1 Å². The lowest BCUT2D eigenvalue weighted by Gasteiger charge is -2.69. The molecule has 6 aromatic rings. The molecule has 0 spiro atoms. The third kappa shape index (κ3) is 9.18. The van der Waals surface area contributed by atoms with E-state index < -0.39 is 17.2 Å². The van der Waals surface area contributed by atoms with E-state index in [2.05, 4.69) is 35.8 Å². The number of rotatable bonds is 11. The molecule has 2 aromatic carbocycles. The van der Waals surface area contributed by atoms with E-state index in [1.807, 2.05) is 102 Å². The molecule has 4 bridgehead atoms. The number of ether oxygens (including phenoxy) is 3. The third-order valence-electron chi connectivity index (χ3n) is 13.3. The maximum absolute atomic E-state index is 14.2. The second-order valence-corrected chi connectivity index (χ2v) is 23.1. The van der Waals surface area contributed by atoms with E-state index in [0.717, 1.165) is 66.5 Å². The van der Waals surface area contributed by atoms with Crippen molar-refractivity contribution in [1.82, 2.24) is 29.6 Å². The average molecular weight is 912 g/mol. The Morgan fingerprint density at radius 2 is 1.53 bits per heavy atom. The van der Waals surface area contributed by atoms with Gasteiger partial charge in [0.2, 0.25) is 0 Å². The van der Waals surface area contributed by atoms with Crippen molar-refractivity contribution in [3.8, 4) is 22.4 Å². The van der Waals surface area contributed by atoms with Crippen LogP contribution in [0.2, 0.25) is 0 Å². The van der Waals surface area contributed by atoms with Gasteiger partial charge in [0.1, 0.15) is 11.2 Å². The van der Waals surface area contributed by atoms with Crippen molar-refractivity contribution in [2.45, 2.75) is 124 Å². The number of likely N-dealkylation sites (N-methyl/N-ethyl adjacent to an activating group) is 1. The molecule has 4 heterocycles. The number of nitrogens with zero attached hydrogens (tertiary/aromatic N) is 6. The van der Waals surface area contributed by atoms with Crippen LogP contribution in [0.4, 0.5) is 9.93 Å². The zero-order chi connectivity index (χ0) is 47.0. The highest BCUT2D eigenvalue weighted by Gasteiger charge is 2.66. The fourth-order valence-corrected chi connectivity index (χ4v) is 12.9. The summed E-state index contributed by atoms with van der Waals surface area (Å²) in [6.07, 6.45) is 9.45. The lowest BCUT2D eigenvalue weighted by atomic mass is 9.39. The highest BCUT2D eigenvalue weighted by molar-refractivity contribution is 7.22. The van der Waals surface area contributed by atoms with Gasteiger partial charge in [0, 0.05) is 59.7 Å². The van der Waals surface area contributed by atoms with Gasteiger partial charge in [-0.25, -0.2) is 19.6 Å². The number of carbonyl (C=O) groups is 3. The topological polar surface area (TPSA) is 151 Å². The van der Waals surface area contributed by atoms with Crippen LogP contribution in [0, 0.1) is 23.2 Å². The highest BCUT2D eigenvalue weighted by Crippen LogP contribution is 2.72. The maximum atomic E-state index is 14.2. The number of benzene rings is 2. The van der Waals surface area contributed by atoms with Gasteiger partial charge in [-0.15, -0.1) is 0 Å². The van der Waals surface area contributed by atoms with Gasteiger partial charge in [-0.1, -0.05) is 43.4 Å². The molecular weight excluding hydrogens is 851 g/mol.